The first kappa shape index (κ1) is 14.0. The monoisotopic (exact) mass is 267 g/mol. The Morgan fingerprint density at radius 2 is 2.20 bits per heavy atom. The molecule has 1 N–H and O–H groups in total. The second-order valence-electron chi connectivity index (χ2n) is 4.53. The molecular weight excluding hydrogens is 250 g/mol. The molecule has 0 saturated carbocycles. The minimum absolute atomic E-state index is 0.0109. The number of hydrogen-bond acceptors (Lipinski definition) is 2. The molecule has 0 bridgehead atoms. The van der Waals surface area contributed by atoms with Crippen LogP contribution < -0.4 is 10.1 Å². The molecule has 3 nitrogen and oxygen atoms in total. The molecule has 0 unspecified atom stereocenters. The summed E-state index contributed by atoms with van der Waals surface area (Å²) in [5.41, 5.74) is 1.18. The predicted molar refractivity (Wildman–Crippen MR) is 80.7 cm³/mol. The molecule has 1 amide bonds. The quantitative estimate of drug-likeness (QED) is 0.845. The van der Waals surface area contributed by atoms with Gasteiger partial charge in [0.1, 0.15) is 12.4 Å². The first-order chi connectivity index (χ1) is 9.70. The maximum Gasteiger partial charge on any atom is 0.216 e. The first-order valence-electron chi connectivity index (χ1n) is 6.53. The lowest BCUT2D eigenvalue weighted by Gasteiger charge is -2.09. The van der Waals surface area contributed by atoms with E-state index in [2.05, 4.69) is 23.4 Å². The van der Waals surface area contributed by atoms with Crippen molar-refractivity contribution in [2.45, 2.75) is 13.3 Å². The van der Waals surface area contributed by atoms with Crippen molar-refractivity contribution in [3.63, 3.8) is 0 Å². The number of rotatable bonds is 5. The van der Waals surface area contributed by atoms with Crippen LogP contribution in [0.1, 0.15) is 12.5 Å². The van der Waals surface area contributed by atoms with Crippen molar-refractivity contribution in [2.75, 3.05) is 13.2 Å². The Balaban J connectivity index is 2.24. The molecule has 3 heteroatoms. The summed E-state index contributed by atoms with van der Waals surface area (Å²) in [4.78, 5) is 10.9. The van der Waals surface area contributed by atoms with Crippen molar-refractivity contribution in [1.29, 1.82) is 0 Å². The average molecular weight is 267 g/mol. The highest BCUT2D eigenvalue weighted by molar-refractivity contribution is 5.87. The molecule has 102 valence electrons. The summed E-state index contributed by atoms with van der Waals surface area (Å²) in [7, 11) is 0. The van der Waals surface area contributed by atoms with Gasteiger partial charge in [-0.05, 0) is 34.9 Å². The molecule has 0 atom stereocenters. The summed E-state index contributed by atoms with van der Waals surface area (Å²) in [5.74, 6) is 3.21. The molecule has 2 aromatic rings. The number of carbonyl (C=O) groups is 1. The predicted octanol–water partition coefficient (Wildman–Crippen LogP) is 2.53. The van der Waals surface area contributed by atoms with Crippen LogP contribution in [0.3, 0.4) is 0 Å². The summed E-state index contributed by atoms with van der Waals surface area (Å²) in [6, 6.07) is 12.1. The van der Waals surface area contributed by atoms with Gasteiger partial charge in [0.15, 0.2) is 0 Å². The number of fused-ring (bicyclic) bond motifs is 1. The number of ether oxygens (including phenoxy) is 1. The van der Waals surface area contributed by atoms with Gasteiger partial charge < -0.3 is 10.1 Å². The third-order valence-corrected chi connectivity index (χ3v) is 3.03. The SMILES string of the molecule is C#CCOc1ccc2cccc(CCNC(C)=O)c2c1. The molecule has 2 aromatic carbocycles. The molecular formula is C17H17NO2. The van der Waals surface area contributed by atoms with E-state index in [0.717, 1.165) is 22.9 Å². The third kappa shape index (κ3) is 3.52. The molecule has 20 heavy (non-hydrogen) atoms. The Labute approximate surface area is 118 Å². The Morgan fingerprint density at radius 3 is 2.95 bits per heavy atom. The summed E-state index contributed by atoms with van der Waals surface area (Å²) in [6.45, 7) is 2.41. The lowest BCUT2D eigenvalue weighted by molar-refractivity contribution is -0.118. The van der Waals surface area contributed by atoms with Gasteiger partial charge in [-0.1, -0.05) is 30.2 Å². The van der Waals surface area contributed by atoms with E-state index in [1.54, 1.807) is 0 Å². The highest BCUT2D eigenvalue weighted by Crippen LogP contribution is 2.24. The summed E-state index contributed by atoms with van der Waals surface area (Å²) in [5, 5.41) is 5.09. The summed E-state index contributed by atoms with van der Waals surface area (Å²) in [6.07, 6.45) is 5.98. The summed E-state index contributed by atoms with van der Waals surface area (Å²) < 4.78 is 5.46. The van der Waals surface area contributed by atoms with Crippen molar-refractivity contribution < 1.29 is 9.53 Å². The Kier molecular flexibility index (Phi) is 4.62. The standard InChI is InChI=1S/C17H17NO2/c1-3-11-20-16-8-7-14-5-4-6-15(17(14)12-16)9-10-18-13(2)19/h1,4-8,12H,9-11H2,2H3,(H,18,19). The zero-order valence-corrected chi connectivity index (χ0v) is 11.5. The van der Waals surface area contributed by atoms with Gasteiger partial charge in [-0.25, -0.2) is 0 Å². The minimum Gasteiger partial charge on any atom is -0.481 e. The molecule has 0 radical (unpaired) electrons. The van der Waals surface area contributed by atoms with Gasteiger partial charge in [0, 0.05) is 13.5 Å². The maximum absolute atomic E-state index is 10.9. The number of amides is 1. The molecule has 0 aliphatic rings. The van der Waals surface area contributed by atoms with Crippen molar-refractivity contribution >= 4 is 16.7 Å². The van der Waals surface area contributed by atoms with Gasteiger partial charge >= 0.3 is 0 Å². The second-order valence-corrected chi connectivity index (χ2v) is 4.53. The summed E-state index contributed by atoms with van der Waals surface area (Å²) >= 11 is 0. The van der Waals surface area contributed by atoms with E-state index in [0.29, 0.717) is 6.54 Å². The number of carbonyl (C=O) groups excluding carboxylic acids is 1. The van der Waals surface area contributed by atoms with Crippen LogP contribution in [0.15, 0.2) is 36.4 Å². The Morgan fingerprint density at radius 1 is 1.35 bits per heavy atom. The van der Waals surface area contributed by atoms with Crippen molar-refractivity contribution in [2.24, 2.45) is 0 Å². The first-order valence-corrected chi connectivity index (χ1v) is 6.53. The van der Waals surface area contributed by atoms with Crippen LogP contribution in [0.25, 0.3) is 10.8 Å². The molecule has 0 spiro atoms. The second kappa shape index (κ2) is 6.63. The number of terminal acetylenes is 1. The van der Waals surface area contributed by atoms with Crippen LogP contribution in [-0.4, -0.2) is 19.1 Å². The third-order valence-electron chi connectivity index (χ3n) is 3.03. The van der Waals surface area contributed by atoms with Crippen LogP contribution in [0.2, 0.25) is 0 Å². The maximum atomic E-state index is 10.9. The van der Waals surface area contributed by atoms with Crippen LogP contribution >= 0.6 is 0 Å². The fourth-order valence-electron chi connectivity index (χ4n) is 2.12. The fourth-order valence-corrected chi connectivity index (χ4v) is 2.12. The van der Waals surface area contributed by atoms with Crippen LogP contribution in [0.5, 0.6) is 5.75 Å². The Hall–Kier alpha value is -2.47. The van der Waals surface area contributed by atoms with E-state index >= 15 is 0 Å². The van der Waals surface area contributed by atoms with Crippen molar-refractivity contribution in [3.05, 3.63) is 42.0 Å². The lowest BCUT2D eigenvalue weighted by Crippen LogP contribution is -2.22. The molecule has 0 saturated heterocycles. The van der Waals surface area contributed by atoms with Crippen LogP contribution in [0, 0.1) is 12.3 Å². The molecule has 0 aromatic heterocycles. The topological polar surface area (TPSA) is 38.3 Å². The molecule has 0 fully saturated rings. The van der Waals surface area contributed by atoms with E-state index in [9.17, 15) is 4.79 Å². The Bertz CT molecular complexity index is 656. The zero-order chi connectivity index (χ0) is 14.4. The highest BCUT2D eigenvalue weighted by atomic mass is 16.5. The zero-order valence-electron chi connectivity index (χ0n) is 11.5. The van der Waals surface area contributed by atoms with E-state index in [-0.39, 0.29) is 12.5 Å². The lowest BCUT2D eigenvalue weighted by atomic mass is 10.0. The van der Waals surface area contributed by atoms with Crippen molar-refractivity contribution in [1.82, 2.24) is 5.32 Å². The van der Waals surface area contributed by atoms with E-state index in [4.69, 9.17) is 11.2 Å². The van der Waals surface area contributed by atoms with E-state index in [1.807, 2.05) is 24.3 Å². The highest BCUT2D eigenvalue weighted by Gasteiger charge is 2.03. The number of nitrogens with one attached hydrogen (secondary N) is 1. The molecule has 2 rings (SSSR count). The van der Waals surface area contributed by atoms with Crippen LogP contribution in [0.4, 0.5) is 0 Å². The van der Waals surface area contributed by atoms with E-state index < -0.39 is 0 Å². The minimum atomic E-state index is -0.0109. The largest absolute Gasteiger partial charge is 0.481 e. The molecule has 0 aliphatic carbocycles. The van der Waals surface area contributed by atoms with Gasteiger partial charge in [-0.15, -0.1) is 6.42 Å². The van der Waals surface area contributed by atoms with Gasteiger partial charge in [0.2, 0.25) is 5.91 Å². The molecule has 0 heterocycles. The smallest absolute Gasteiger partial charge is 0.216 e. The number of benzene rings is 2. The van der Waals surface area contributed by atoms with Crippen LogP contribution in [-0.2, 0) is 11.2 Å². The molecule has 0 aliphatic heterocycles. The number of hydrogen-bond donors (Lipinski definition) is 1. The van der Waals surface area contributed by atoms with Gasteiger partial charge in [0.05, 0.1) is 0 Å². The normalized spacial score (nSPS) is 10.0. The average Bonchev–Trinajstić information content (AvgIpc) is 2.45. The van der Waals surface area contributed by atoms with Gasteiger partial charge in [-0.3, -0.25) is 4.79 Å². The van der Waals surface area contributed by atoms with Gasteiger partial charge in [0.25, 0.3) is 0 Å². The van der Waals surface area contributed by atoms with Crippen molar-refractivity contribution in [3.8, 4) is 18.1 Å². The fraction of sp³-hybridized carbons (Fsp3) is 0.235. The van der Waals surface area contributed by atoms with Gasteiger partial charge in [-0.2, -0.15) is 0 Å². The van der Waals surface area contributed by atoms with E-state index in [1.165, 1.54) is 12.5 Å².